The summed E-state index contributed by atoms with van der Waals surface area (Å²) in [6, 6.07) is 7.16. The first-order chi connectivity index (χ1) is 10.2. The molecule has 3 rings (SSSR count). The molecule has 0 bridgehead atoms. The Bertz CT molecular complexity index is 636. The van der Waals surface area contributed by atoms with Crippen LogP contribution in [0.3, 0.4) is 0 Å². The van der Waals surface area contributed by atoms with Crippen LogP contribution in [0, 0.1) is 0 Å². The minimum Gasteiger partial charge on any atom is -0.487 e. The Hall–Kier alpha value is -1.95. The number of halogens is 1. The normalized spacial score (nSPS) is 17.8. The van der Waals surface area contributed by atoms with E-state index in [9.17, 15) is 4.79 Å². The highest BCUT2D eigenvalue weighted by Gasteiger charge is 2.29. The van der Waals surface area contributed by atoms with Crippen LogP contribution in [-0.4, -0.2) is 40.0 Å². The van der Waals surface area contributed by atoms with Crippen LogP contribution < -0.4 is 4.74 Å². The Morgan fingerprint density at radius 3 is 3.00 bits per heavy atom. The van der Waals surface area contributed by atoms with Gasteiger partial charge in [-0.15, -0.1) is 0 Å². The molecule has 1 saturated heterocycles. The number of likely N-dealkylation sites (tertiary alicyclic amines) is 1. The minimum atomic E-state index is -0.0458. The van der Waals surface area contributed by atoms with Gasteiger partial charge in [-0.25, -0.2) is 0 Å². The summed E-state index contributed by atoms with van der Waals surface area (Å²) >= 11 is 3.41. The van der Waals surface area contributed by atoms with Crippen LogP contribution in [0.5, 0.6) is 5.75 Å². The van der Waals surface area contributed by atoms with Crippen molar-refractivity contribution in [3.63, 3.8) is 0 Å². The quantitative estimate of drug-likeness (QED) is 0.855. The number of pyridine rings is 2. The predicted octanol–water partition coefficient (Wildman–Crippen LogP) is 2.53. The number of ether oxygens (including phenoxy) is 1. The van der Waals surface area contributed by atoms with Gasteiger partial charge in [-0.2, -0.15) is 0 Å². The smallest absolute Gasteiger partial charge is 0.272 e. The summed E-state index contributed by atoms with van der Waals surface area (Å²) in [5.41, 5.74) is 0.475. The lowest BCUT2D eigenvalue weighted by atomic mass is 10.3. The maximum atomic E-state index is 12.3. The molecule has 21 heavy (non-hydrogen) atoms. The van der Waals surface area contributed by atoms with E-state index in [2.05, 4.69) is 25.9 Å². The Morgan fingerprint density at radius 1 is 1.33 bits per heavy atom. The lowest BCUT2D eigenvalue weighted by Gasteiger charge is -2.17. The summed E-state index contributed by atoms with van der Waals surface area (Å²) < 4.78 is 6.74. The van der Waals surface area contributed by atoms with E-state index in [0.717, 1.165) is 16.6 Å². The summed E-state index contributed by atoms with van der Waals surface area (Å²) in [7, 11) is 0. The molecule has 0 aromatic carbocycles. The molecule has 2 aromatic rings. The molecule has 108 valence electrons. The zero-order chi connectivity index (χ0) is 14.7. The predicted molar refractivity (Wildman–Crippen MR) is 81.1 cm³/mol. The Labute approximate surface area is 131 Å². The number of carbonyl (C=O) groups is 1. The van der Waals surface area contributed by atoms with E-state index in [0.29, 0.717) is 18.8 Å². The van der Waals surface area contributed by atoms with Gasteiger partial charge in [0.25, 0.3) is 5.91 Å². The van der Waals surface area contributed by atoms with Gasteiger partial charge in [0.2, 0.25) is 0 Å². The molecule has 0 N–H and O–H groups in total. The standard InChI is InChI=1S/C15H14BrN3O2/c16-12-9-17-7-4-14(12)21-11-5-8-19(10-11)15(20)13-3-1-2-6-18-13/h1-4,6-7,9,11H,5,8,10H2. The fourth-order valence-corrected chi connectivity index (χ4v) is 2.64. The maximum absolute atomic E-state index is 12.3. The van der Waals surface area contributed by atoms with Crippen molar-refractivity contribution in [1.29, 1.82) is 0 Å². The van der Waals surface area contributed by atoms with Gasteiger partial charge in [-0.3, -0.25) is 14.8 Å². The molecule has 1 aliphatic rings. The summed E-state index contributed by atoms with van der Waals surface area (Å²) in [6.07, 6.45) is 5.82. The van der Waals surface area contributed by atoms with Crippen LogP contribution in [0.1, 0.15) is 16.9 Å². The zero-order valence-electron chi connectivity index (χ0n) is 11.3. The maximum Gasteiger partial charge on any atom is 0.272 e. The fraction of sp³-hybridized carbons (Fsp3) is 0.267. The van der Waals surface area contributed by atoms with Crippen molar-refractivity contribution in [3.8, 4) is 5.75 Å². The highest BCUT2D eigenvalue weighted by molar-refractivity contribution is 9.10. The van der Waals surface area contributed by atoms with Gasteiger partial charge in [-0.1, -0.05) is 6.07 Å². The number of hydrogen-bond donors (Lipinski definition) is 0. The first-order valence-corrected chi connectivity index (χ1v) is 7.50. The van der Waals surface area contributed by atoms with E-state index in [4.69, 9.17) is 4.74 Å². The van der Waals surface area contributed by atoms with E-state index in [1.54, 1.807) is 35.6 Å². The Balaban J connectivity index is 1.63. The number of hydrogen-bond acceptors (Lipinski definition) is 4. The first-order valence-electron chi connectivity index (χ1n) is 6.70. The van der Waals surface area contributed by atoms with Crippen LogP contribution in [0.4, 0.5) is 0 Å². The van der Waals surface area contributed by atoms with E-state index >= 15 is 0 Å². The van der Waals surface area contributed by atoms with Gasteiger partial charge in [-0.05, 0) is 34.1 Å². The third-order valence-corrected chi connectivity index (χ3v) is 3.94. The SMILES string of the molecule is O=C(c1ccccn1)N1CCC(Oc2ccncc2Br)C1. The highest BCUT2D eigenvalue weighted by Crippen LogP contribution is 2.26. The molecule has 3 heterocycles. The Kier molecular flexibility index (Phi) is 4.15. The molecule has 0 radical (unpaired) electrons. The van der Waals surface area contributed by atoms with Crippen molar-refractivity contribution in [2.75, 3.05) is 13.1 Å². The molecule has 5 nitrogen and oxygen atoms in total. The molecule has 1 amide bonds. The van der Waals surface area contributed by atoms with Crippen molar-refractivity contribution in [3.05, 3.63) is 53.0 Å². The third kappa shape index (κ3) is 3.21. The molecular weight excluding hydrogens is 334 g/mol. The number of amides is 1. The van der Waals surface area contributed by atoms with Gasteiger partial charge < -0.3 is 9.64 Å². The van der Waals surface area contributed by atoms with E-state index in [1.165, 1.54) is 0 Å². The van der Waals surface area contributed by atoms with Crippen molar-refractivity contribution in [2.45, 2.75) is 12.5 Å². The van der Waals surface area contributed by atoms with Crippen LogP contribution in [0.15, 0.2) is 47.3 Å². The molecule has 0 aliphatic carbocycles. The number of rotatable bonds is 3. The monoisotopic (exact) mass is 347 g/mol. The first kappa shape index (κ1) is 14.0. The average Bonchev–Trinajstić information content (AvgIpc) is 2.98. The second-order valence-electron chi connectivity index (χ2n) is 4.80. The molecule has 1 atom stereocenters. The topological polar surface area (TPSA) is 55.3 Å². The molecule has 2 aromatic heterocycles. The van der Waals surface area contributed by atoms with Crippen molar-refractivity contribution in [2.24, 2.45) is 0 Å². The van der Waals surface area contributed by atoms with Crippen LogP contribution in [0.25, 0.3) is 0 Å². The molecule has 0 spiro atoms. The van der Waals surface area contributed by atoms with Gasteiger partial charge >= 0.3 is 0 Å². The van der Waals surface area contributed by atoms with E-state index in [-0.39, 0.29) is 12.0 Å². The summed E-state index contributed by atoms with van der Waals surface area (Å²) in [6.45, 7) is 1.26. The van der Waals surface area contributed by atoms with Gasteiger partial charge in [0.05, 0.1) is 11.0 Å². The summed E-state index contributed by atoms with van der Waals surface area (Å²) in [4.78, 5) is 22.2. The van der Waals surface area contributed by atoms with Crippen molar-refractivity contribution >= 4 is 21.8 Å². The summed E-state index contributed by atoms with van der Waals surface area (Å²) in [5.74, 6) is 0.706. The molecule has 1 unspecified atom stereocenters. The molecule has 1 aliphatic heterocycles. The van der Waals surface area contributed by atoms with Crippen LogP contribution in [-0.2, 0) is 0 Å². The highest BCUT2D eigenvalue weighted by atomic mass is 79.9. The van der Waals surface area contributed by atoms with E-state index < -0.39 is 0 Å². The second-order valence-corrected chi connectivity index (χ2v) is 5.66. The molecule has 6 heteroatoms. The van der Waals surface area contributed by atoms with Gasteiger partial charge in [0.15, 0.2) is 0 Å². The minimum absolute atomic E-state index is 0.00337. The fourth-order valence-electron chi connectivity index (χ4n) is 2.30. The number of nitrogens with zero attached hydrogens (tertiary/aromatic N) is 3. The number of aromatic nitrogens is 2. The van der Waals surface area contributed by atoms with Crippen molar-refractivity contribution < 1.29 is 9.53 Å². The molecule has 0 saturated carbocycles. The van der Waals surface area contributed by atoms with Gasteiger partial charge in [0.1, 0.15) is 17.5 Å². The van der Waals surface area contributed by atoms with Gasteiger partial charge in [0, 0.05) is 31.6 Å². The Morgan fingerprint density at radius 2 is 2.24 bits per heavy atom. The van der Waals surface area contributed by atoms with E-state index in [1.807, 2.05) is 12.1 Å². The summed E-state index contributed by atoms with van der Waals surface area (Å²) in [5, 5.41) is 0. The zero-order valence-corrected chi connectivity index (χ0v) is 12.9. The largest absolute Gasteiger partial charge is 0.487 e. The van der Waals surface area contributed by atoms with Crippen molar-refractivity contribution in [1.82, 2.24) is 14.9 Å². The average molecular weight is 348 g/mol. The molecular formula is C15H14BrN3O2. The van der Waals surface area contributed by atoms with Crippen LogP contribution in [0.2, 0.25) is 0 Å². The lowest BCUT2D eigenvalue weighted by molar-refractivity contribution is 0.0766. The molecule has 1 fully saturated rings. The lowest BCUT2D eigenvalue weighted by Crippen LogP contribution is -2.31. The third-order valence-electron chi connectivity index (χ3n) is 3.35. The second kappa shape index (κ2) is 6.22. The van der Waals surface area contributed by atoms with Crippen LogP contribution >= 0.6 is 15.9 Å². The number of carbonyl (C=O) groups excluding carboxylic acids is 1.